The van der Waals surface area contributed by atoms with Crippen molar-refractivity contribution < 1.29 is 5.11 Å². The molecule has 2 atom stereocenters. The second-order valence-corrected chi connectivity index (χ2v) is 5.10. The number of aliphatic hydroxyl groups is 1. The molecule has 0 saturated heterocycles. The van der Waals surface area contributed by atoms with Gasteiger partial charge in [-0.1, -0.05) is 54.6 Å². The van der Waals surface area contributed by atoms with E-state index in [9.17, 15) is 5.11 Å². The SMILES string of the molecule is OC(Cc1ccccc1)C1CCc2ccccc21. The molecule has 1 aliphatic rings. The van der Waals surface area contributed by atoms with Gasteiger partial charge >= 0.3 is 0 Å². The molecule has 0 spiro atoms. The first-order valence-electron chi connectivity index (χ1n) is 6.64. The Labute approximate surface area is 108 Å². The smallest absolute Gasteiger partial charge is 0.0649 e. The van der Waals surface area contributed by atoms with Crippen LogP contribution in [0.2, 0.25) is 0 Å². The summed E-state index contributed by atoms with van der Waals surface area (Å²) in [6.07, 6.45) is 2.66. The Morgan fingerprint density at radius 1 is 1.00 bits per heavy atom. The number of aliphatic hydroxyl groups excluding tert-OH is 1. The molecule has 0 aliphatic heterocycles. The predicted molar refractivity (Wildman–Crippen MR) is 73.7 cm³/mol. The van der Waals surface area contributed by atoms with Crippen LogP contribution in [0.4, 0.5) is 0 Å². The summed E-state index contributed by atoms with van der Waals surface area (Å²) in [6.45, 7) is 0. The van der Waals surface area contributed by atoms with Gasteiger partial charge in [0.15, 0.2) is 0 Å². The monoisotopic (exact) mass is 238 g/mol. The lowest BCUT2D eigenvalue weighted by atomic mass is 9.91. The molecule has 2 unspecified atom stereocenters. The number of benzene rings is 2. The van der Waals surface area contributed by atoms with Gasteiger partial charge in [0.2, 0.25) is 0 Å². The van der Waals surface area contributed by atoms with Crippen LogP contribution in [0.25, 0.3) is 0 Å². The Morgan fingerprint density at radius 2 is 1.72 bits per heavy atom. The molecule has 3 rings (SSSR count). The minimum atomic E-state index is -0.268. The molecule has 0 aromatic heterocycles. The lowest BCUT2D eigenvalue weighted by Crippen LogP contribution is -2.19. The highest BCUT2D eigenvalue weighted by Gasteiger charge is 2.28. The summed E-state index contributed by atoms with van der Waals surface area (Å²) < 4.78 is 0. The third-order valence-electron chi connectivity index (χ3n) is 3.93. The van der Waals surface area contributed by atoms with Crippen LogP contribution in [0.5, 0.6) is 0 Å². The first kappa shape index (κ1) is 11.5. The van der Waals surface area contributed by atoms with Gasteiger partial charge in [-0.2, -0.15) is 0 Å². The fourth-order valence-corrected chi connectivity index (χ4v) is 2.99. The van der Waals surface area contributed by atoms with Gasteiger partial charge in [-0.05, 0) is 36.0 Å². The fraction of sp³-hybridized carbons (Fsp3) is 0.294. The molecule has 1 aliphatic carbocycles. The van der Waals surface area contributed by atoms with Crippen LogP contribution < -0.4 is 0 Å². The summed E-state index contributed by atoms with van der Waals surface area (Å²) >= 11 is 0. The van der Waals surface area contributed by atoms with Gasteiger partial charge in [0.05, 0.1) is 6.10 Å². The summed E-state index contributed by atoms with van der Waals surface area (Å²) in [4.78, 5) is 0. The van der Waals surface area contributed by atoms with Crippen LogP contribution in [0.15, 0.2) is 54.6 Å². The van der Waals surface area contributed by atoms with Crippen LogP contribution in [0.3, 0.4) is 0 Å². The first-order chi connectivity index (χ1) is 8.84. The Morgan fingerprint density at radius 3 is 2.56 bits per heavy atom. The topological polar surface area (TPSA) is 20.2 Å². The normalized spacial score (nSPS) is 19.5. The lowest BCUT2D eigenvalue weighted by molar-refractivity contribution is 0.143. The molecule has 92 valence electrons. The van der Waals surface area contributed by atoms with Crippen molar-refractivity contribution in [1.82, 2.24) is 0 Å². The van der Waals surface area contributed by atoms with E-state index in [1.807, 2.05) is 18.2 Å². The molecule has 1 nitrogen and oxygen atoms in total. The van der Waals surface area contributed by atoms with Crippen LogP contribution in [0.1, 0.15) is 29.0 Å². The van der Waals surface area contributed by atoms with Crippen LogP contribution in [-0.4, -0.2) is 11.2 Å². The number of aryl methyl sites for hydroxylation is 1. The summed E-state index contributed by atoms with van der Waals surface area (Å²) in [6, 6.07) is 18.8. The average molecular weight is 238 g/mol. The molecular weight excluding hydrogens is 220 g/mol. The van der Waals surface area contributed by atoms with Gasteiger partial charge in [0.1, 0.15) is 0 Å². The molecule has 0 radical (unpaired) electrons. The Kier molecular flexibility index (Phi) is 3.16. The molecule has 2 aromatic carbocycles. The molecule has 1 heteroatoms. The molecule has 1 N–H and O–H groups in total. The van der Waals surface area contributed by atoms with Crippen molar-refractivity contribution in [1.29, 1.82) is 0 Å². The lowest BCUT2D eigenvalue weighted by Gasteiger charge is -2.19. The van der Waals surface area contributed by atoms with E-state index < -0.39 is 0 Å². The van der Waals surface area contributed by atoms with Gasteiger partial charge < -0.3 is 5.11 Å². The number of rotatable bonds is 3. The van der Waals surface area contributed by atoms with Gasteiger partial charge in [-0.15, -0.1) is 0 Å². The van der Waals surface area contributed by atoms with Gasteiger partial charge in [-0.3, -0.25) is 0 Å². The van der Waals surface area contributed by atoms with Crippen molar-refractivity contribution in [2.45, 2.75) is 31.3 Å². The zero-order valence-electron chi connectivity index (χ0n) is 10.4. The molecule has 0 saturated carbocycles. The Bertz CT molecular complexity index is 518. The maximum atomic E-state index is 10.4. The zero-order valence-corrected chi connectivity index (χ0v) is 10.4. The summed E-state index contributed by atoms with van der Waals surface area (Å²) in [5.41, 5.74) is 3.98. The highest BCUT2D eigenvalue weighted by Crippen LogP contribution is 2.36. The molecule has 0 fully saturated rings. The molecule has 0 bridgehead atoms. The zero-order chi connectivity index (χ0) is 12.4. The molecule has 18 heavy (non-hydrogen) atoms. The van der Waals surface area contributed by atoms with E-state index in [-0.39, 0.29) is 6.10 Å². The highest BCUT2D eigenvalue weighted by molar-refractivity contribution is 5.36. The molecule has 0 amide bonds. The highest BCUT2D eigenvalue weighted by atomic mass is 16.3. The number of fused-ring (bicyclic) bond motifs is 1. The van der Waals surface area contributed by atoms with Crippen molar-refractivity contribution in [3.8, 4) is 0 Å². The maximum absolute atomic E-state index is 10.4. The molecular formula is C17H18O. The van der Waals surface area contributed by atoms with Gasteiger partial charge in [0, 0.05) is 5.92 Å². The van der Waals surface area contributed by atoms with E-state index in [0.29, 0.717) is 5.92 Å². The van der Waals surface area contributed by atoms with Crippen LogP contribution >= 0.6 is 0 Å². The van der Waals surface area contributed by atoms with Crippen molar-refractivity contribution in [2.75, 3.05) is 0 Å². The van der Waals surface area contributed by atoms with E-state index in [0.717, 1.165) is 19.3 Å². The van der Waals surface area contributed by atoms with Gasteiger partial charge in [0.25, 0.3) is 0 Å². The number of hydrogen-bond acceptors (Lipinski definition) is 1. The summed E-state index contributed by atoms with van der Waals surface area (Å²) in [7, 11) is 0. The minimum Gasteiger partial charge on any atom is -0.392 e. The van der Waals surface area contributed by atoms with E-state index >= 15 is 0 Å². The van der Waals surface area contributed by atoms with Crippen molar-refractivity contribution >= 4 is 0 Å². The largest absolute Gasteiger partial charge is 0.392 e. The maximum Gasteiger partial charge on any atom is 0.0649 e. The van der Waals surface area contributed by atoms with E-state index in [4.69, 9.17) is 0 Å². The molecule has 2 aromatic rings. The Hall–Kier alpha value is -1.60. The first-order valence-corrected chi connectivity index (χ1v) is 6.64. The third kappa shape index (κ3) is 2.19. The second-order valence-electron chi connectivity index (χ2n) is 5.10. The fourth-order valence-electron chi connectivity index (χ4n) is 2.99. The summed E-state index contributed by atoms with van der Waals surface area (Å²) in [5.74, 6) is 0.307. The van der Waals surface area contributed by atoms with Crippen molar-refractivity contribution in [3.05, 3.63) is 71.3 Å². The average Bonchev–Trinajstić information content (AvgIpc) is 2.84. The van der Waals surface area contributed by atoms with E-state index in [1.165, 1.54) is 16.7 Å². The second kappa shape index (κ2) is 4.95. The minimum absolute atomic E-state index is 0.268. The van der Waals surface area contributed by atoms with Crippen molar-refractivity contribution in [3.63, 3.8) is 0 Å². The van der Waals surface area contributed by atoms with Crippen molar-refractivity contribution in [2.24, 2.45) is 0 Å². The van der Waals surface area contributed by atoms with Crippen LogP contribution in [0, 0.1) is 0 Å². The predicted octanol–water partition coefficient (Wildman–Crippen LogP) is 3.32. The quantitative estimate of drug-likeness (QED) is 0.869. The van der Waals surface area contributed by atoms with Gasteiger partial charge in [-0.25, -0.2) is 0 Å². The Balaban J connectivity index is 1.77. The molecule has 0 heterocycles. The van der Waals surface area contributed by atoms with Crippen LogP contribution in [-0.2, 0) is 12.8 Å². The summed E-state index contributed by atoms with van der Waals surface area (Å²) in [5, 5.41) is 10.4. The number of hydrogen-bond donors (Lipinski definition) is 1. The third-order valence-corrected chi connectivity index (χ3v) is 3.93. The van der Waals surface area contributed by atoms with E-state index in [1.54, 1.807) is 0 Å². The standard InChI is InChI=1S/C17H18O/c18-17(12-13-6-2-1-3-7-13)16-11-10-14-8-4-5-9-15(14)16/h1-9,16-18H,10-12H2. The van der Waals surface area contributed by atoms with E-state index in [2.05, 4.69) is 36.4 Å².